The zero-order valence-electron chi connectivity index (χ0n) is 13.9. The number of aromatic nitrogens is 2. The van der Waals surface area contributed by atoms with Gasteiger partial charge in [-0.2, -0.15) is 4.98 Å². The van der Waals surface area contributed by atoms with Crippen LogP contribution >= 0.6 is 0 Å². The monoisotopic (exact) mass is 315 g/mol. The summed E-state index contributed by atoms with van der Waals surface area (Å²) in [4.78, 5) is 14.0. The van der Waals surface area contributed by atoms with Crippen LogP contribution in [0.4, 0.5) is 11.8 Å². The molecule has 2 heterocycles. The number of para-hydroxylation sites is 1. The molecule has 0 spiro atoms. The molecule has 6 nitrogen and oxygen atoms in total. The van der Waals surface area contributed by atoms with Gasteiger partial charge in [-0.1, -0.05) is 19.1 Å². The maximum Gasteiger partial charge on any atom is 0.227 e. The van der Waals surface area contributed by atoms with Gasteiger partial charge < -0.3 is 20.2 Å². The van der Waals surface area contributed by atoms with Crippen LogP contribution in [0.5, 0.6) is 0 Å². The van der Waals surface area contributed by atoms with Crippen molar-refractivity contribution in [3.63, 3.8) is 0 Å². The van der Waals surface area contributed by atoms with Crippen molar-refractivity contribution in [2.45, 2.75) is 19.4 Å². The first kappa shape index (κ1) is 16.0. The summed E-state index contributed by atoms with van der Waals surface area (Å²) in [5.74, 6) is 1.58. The SMILES string of the molecule is CCC(CO)Nc1nc(N2CCN(C)CC2)nc2ccccc12. The predicted molar refractivity (Wildman–Crippen MR) is 94.0 cm³/mol. The number of aliphatic hydroxyl groups is 1. The molecular formula is C17H25N5O. The molecule has 0 amide bonds. The van der Waals surface area contributed by atoms with Gasteiger partial charge in [0.1, 0.15) is 5.82 Å². The summed E-state index contributed by atoms with van der Waals surface area (Å²) in [5.41, 5.74) is 0.937. The molecule has 1 aliphatic heterocycles. The van der Waals surface area contributed by atoms with Crippen molar-refractivity contribution in [1.82, 2.24) is 14.9 Å². The van der Waals surface area contributed by atoms with E-state index in [4.69, 9.17) is 9.97 Å². The Bertz CT molecular complexity index is 650. The number of hydrogen-bond donors (Lipinski definition) is 2. The minimum absolute atomic E-state index is 0.00800. The van der Waals surface area contributed by atoms with Gasteiger partial charge in [-0.15, -0.1) is 0 Å². The van der Waals surface area contributed by atoms with E-state index in [2.05, 4.69) is 29.1 Å². The molecule has 1 aromatic heterocycles. The Morgan fingerprint density at radius 1 is 1.17 bits per heavy atom. The average Bonchev–Trinajstić information content (AvgIpc) is 2.60. The number of benzene rings is 1. The smallest absolute Gasteiger partial charge is 0.227 e. The summed E-state index contributed by atoms with van der Waals surface area (Å²) in [6.45, 7) is 6.06. The fraction of sp³-hybridized carbons (Fsp3) is 0.529. The number of piperazine rings is 1. The first-order chi connectivity index (χ1) is 11.2. The standard InChI is InChI=1S/C17H25N5O/c1-3-13(12-23)18-16-14-6-4-5-7-15(14)19-17(20-16)22-10-8-21(2)9-11-22/h4-7,13,23H,3,8-12H2,1-2H3,(H,18,19,20). The molecule has 1 fully saturated rings. The molecule has 0 saturated carbocycles. The molecule has 1 saturated heterocycles. The number of fused-ring (bicyclic) bond motifs is 1. The van der Waals surface area contributed by atoms with E-state index >= 15 is 0 Å². The van der Waals surface area contributed by atoms with Gasteiger partial charge in [0.15, 0.2) is 0 Å². The van der Waals surface area contributed by atoms with Crippen molar-refractivity contribution in [3.8, 4) is 0 Å². The van der Waals surface area contributed by atoms with Gasteiger partial charge >= 0.3 is 0 Å². The number of aliphatic hydroxyl groups excluding tert-OH is 1. The van der Waals surface area contributed by atoms with Crippen LogP contribution in [-0.4, -0.2) is 65.8 Å². The summed E-state index contributed by atoms with van der Waals surface area (Å²) in [6, 6.07) is 8.04. The molecule has 1 atom stereocenters. The van der Waals surface area contributed by atoms with Crippen LogP contribution < -0.4 is 10.2 Å². The molecule has 1 unspecified atom stereocenters. The van der Waals surface area contributed by atoms with E-state index in [1.165, 1.54) is 0 Å². The largest absolute Gasteiger partial charge is 0.394 e. The Balaban J connectivity index is 1.96. The quantitative estimate of drug-likeness (QED) is 0.873. The zero-order chi connectivity index (χ0) is 16.2. The van der Waals surface area contributed by atoms with Gasteiger partial charge in [0, 0.05) is 31.6 Å². The van der Waals surface area contributed by atoms with E-state index < -0.39 is 0 Å². The topological polar surface area (TPSA) is 64.5 Å². The number of rotatable bonds is 5. The highest BCUT2D eigenvalue weighted by molar-refractivity contribution is 5.90. The van der Waals surface area contributed by atoms with Gasteiger partial charge in [-0.05, 0) is 25.6 Å². The normalized spacial score (nSPS) is 17.4. The molecular weight excluding hydrogens is 290 g/mol. The highest BCUT2D eigenvalue weighted by Crippen LogP contribution is 2.24. The second kappa shape index (κ2) is 7.10. The number of hydrogen-bond acceptors (Lipinski definition) is 6. The van der Waals surface area contributed by atoms with Crippen molar-refractivity contribution < 1.29 is 5.11 Å². The summed E-state index contributed by atoms with van der Waals surface area (Å²) < 4.78 is 0. The van der Waals surface area contributed by atoms with Gasteiger partial charge in [-0.25, -0.2) is 4.98 Å². The third kappa shape index (κ3) is 3.54. The lowest BCUT2D eigenvalue weighted by molar-refractivity contribution is 0.271. The summed E-state index contributed by atoms with van der Waals surface area (Å²) >= 11 is 0. The Morgan fingerprint density at radius 2 is 1.91 bits per heavy atom. The minimum atomic E-state index is 0.00800. The van der Waals surface area contributed by atoms with Crippen molar-refractivity contribution in [1.29, 1.82) is 0 Å². The Hall–Kier alpha value is -1.92. The molecule has 2 N–H and O–H groups in total. The number of nitrogens with one attached hydrogen (secondary N) is 1. The molecule has 23 heavy (non-hydrogen) atoms. The fourth-order valence-electron chi connectivity index (χ4n) is 2.79. The average molecular weight is 315 g/mol. The molecule has 0 bridgehead atoms. The lowest BCUT2D eigenvalue weighted by atomic mass is 10.2. The predicted octanol–water partition coefficient (Wildman–Crippen LogP) is 1.56. The third-order valence-electron chi connectivity index (χ3n) is 4.43. The fourth-order valence-corrected chi connectivity index (χ4v) is 2.79. The van der Waals surface area contributed by atoms with Crippen LogP contribution in [0.2, 0.25) is 0 Å². The van der Waals surface area contributed by atoms with Gasteiger partial charge in [0.25, 0.3) is 0 Å². The van der Waals surface area contributed by atoms with Crippen molar-refractivity contribution >= 4 is 22.7 Å². The first-order valence-electron chi connectivity index (χ1n) is 8.29. The highest BCUT2D eigenvalue weighted by Gasteiger charge is 2.19. The number of likely N-dealkylation sites (N-methyl/N-ethyl adjacent to an activating group) is 1. The summed E-state index contributed by atoms with van der Waals surface area (Å²) in [6.07, 6.45) is 0.846. The number of nitrogens with zero attached hydrogens (tertiary/aromatic N) is 4. The molecule has 6 heteroatoms. The van der Waals surface area contributed by atoms with E-state index in [0.717, 1.165) is 55.3 Å². The summed E-state index contributed by atoms with van der Waals surface area (Å²) in [5, 5.41) is 13.9. The lowest BCUT2D eigenvalue weighted by Gasteiger charge is -2.32. The Kier molecular flexibility index (Phi) is 4.93. The van der Waals surface area contributed by atoms with E-state index in [0.29, 0.717) is 0 Å². The van der Waals surface area contributed by atoms with Crippen molar-refractivity contribution in [2.75, 3.05) is 50.1 Å². The Morgan fingerprint density at radius 3 is 2.61 bits per heavy atom. The van der Waals surface area contributed by atoms with E-state index in [1.807, 2.05) is 24.3 Å². The first-order valence-corrected chi connectivity index (χ1v) is 8.29. The second-order valence-corrected chi connectivity index (χ2v) is 6.11. The third-order valence-corrected chi connectivity index (χ3v) is 4.43. The van der Waals surface area contributed by atoms with Crippen molar-refractivity contribution in [2.24, 2.45) is 0 Å². The second-order valence-electron chi connectivity index (χ2n) is 6.11. The van der Waals surface area contributed by atoms with E-state index in [1.54, 1.807) is 0 Å². The maximum absolute atomic E-state index is 9.48. The van der Waals surface area contributed by atoms with Crippen LogP contribution in [0.3, 0.4) is 0 Å². The van der Waals surface area contributed by atoms with Gasteiger partial charge in [-0.3, -0.25) is 0 Å². The molecule has 3 rings (SSSR count). The van der Waals surface area contributed by atoms with Crippen LogP contribution in [0, 0.1) is 0 Å². The molecule has 0 radical (unpaired) electrons. The molecule has 124 valence electrons. The molecule has 2 aromatic rings. The van der Waals surface area contributed by atoms with Crippen LogP contribution in [-0.2, 0) is 0 Å². The lowest BCUT2D eigenvalue weighted by Crippen LogP contribution is -2.45. The molecule has 1 aromatic carbocycles. The van der Waals surface area contributed by atoms with Crippen LogP contribution in [0.25, 0.3) is 10.9 Å². The van der Waals surface area contributed by atoms with E-state index in [9.17, 15) is 5.11 Å². The van der Waals surface area contributed by atoms with Crippen molar-refractivity contribution in [3.05, 3.63) is 24.3 Å². The molecule has 1 aliphatic rings. The van der Waals surface area contributed by atoms with E-state index in [-0.39, 0.29) is 12.6 Å². The minimum Gasteiger partial charge on any atom is -0.394 e. The highest BCUT2D eigenvalue weighted by atomic mass is 16.3. The van der Waals surface area contributed by atoms with Gasteiger partial charge in [0.05, 0.1) is 18.2 Å². The number of anilines is 2. The van der Waals surface area contributed by atoms with Crippen LogP contribution in [0.1, 0.15) is 13.3 Å². The molecule has 0 aliphatic carbocycles. The summed E-state index contributed by atoms with van der Waals surface area (Å²) in [7, 11) is 2.14. The zero-order valence-corrected chi connectivity index (χ0v) is 13.9. The Labute approximate surface area is 137 Å². The van der Waals surface area contributed by atoms with Crippen LogP contribution in [0.15, 0.2) is 24.3 Å². The maximum atomic E-state index is 9.48. The van der Waals surface area contributed by atoms with Gasteiger partial charge in [0.2, 0.25) is 5.95 Å².